The van der Waals surface area contributed by atoms with Gasteiger partial charge in [-0.05, 0) is 18.6 Å². The highest BCUT2D eigenvalue weighted by molar-refractivity contribution is 7.99. The maximum absolute atomic E-state index is 12.4. The second-order valence-electron chi connectivity index (χ2n) is 5.49. The van der Waals surface area contributed by atoms with Gasteiger partial charge in [-0.15, -0.1) is 24.2 Å². The first kappa shape index (κ1) is 18.3. The maximum Gasteiger partial charge on any atom is 0.240 e. The predicted molar refractivity (Wildman–Crippen MR) is 93.8 cm³/mol. The van der Waals surface area contributed by atoms with Gasteiger partial charge < -0.3 is 15.5 Å². The molecule has 0 aliphatic carbocycles. The first-order valence-corrected chi connectivity index (χ1v) is 8.54. The highest BCUT2D eigenvalue weighted by atomic mass is 35.5. The lowest BCUT2D eigenvalue weighted by atomic mass is 10.1. The SMILES string of the molecule is Cl.N#Cc1ccc(N[C@@H]2CN[C@H](C(=O)N3CCSC3)C2)nc1C#N. The normalized spacial score (nSPS) is 22.3. The number of carbonyl (C=O) groups is 1. The zero-order valence-electron chi connectivity index (χ0n) is 12.9. The van der Waals surface area contributed by atoms with Crippen LogP contribution in [0.3, 0.4) is 0 Å². The largest absolute Gasteiger partial charge is 0.366 e. The van der Waals surface area contributed by atoms with E-state index >= 15 is 0 Å². The smallest absolute Gasteiger partial charge is 0.240 e. The zero-order valence-corrected chi connectivity index (χ0v) is 14.5. The van der Waals surface area contributed by atoms with Crippen molar-refractivity contribution in [2.75, 3.05) is 30.0 Å². The number of anilines is 1. The molecule has 0 unspecified atom stereocenters. The van der Waals surface area contributed by atoms with Crippen LogP contribution in [0.5, 0.6) is 0 Å². The first-order chi connectivity index (χ1) is 11.2. The van der Waals surface area contributed by atoms with Gasteiger partial charge in [0.1, 0.15) is 18.0 Å². The average molecular weight is 365 g/mol. The Bertz CT molecular complexity index is 694. The zero-order chi connectivity index (χ0) is 16.2. The van der Waals surface area contributed by atoms with Crippen LogP contribution >= 0.6 is 24.2 Å². The van der Waals surface area contributed by atoms with Crippen LogP contribution in [0.1, 0.15) is 17.7 Å². The van der Waals surface area contributed by atoms with E-state index in [0.29, 0.717) is 18.8 Å². The third-order valence-electron chi connectivity index (χ3n) is 3.97. The molecular formula is C15H17ClN6OS. The number of amides is 1. The number of rotatable bonds is 3. The summed E-state index contributed by atoms with van der Waals surface area (Å²) in [6, 6.07) is 7.05. The number of nitrogens with zero attached hydrogens (tertiary/aromatic N) is 4. The van der Waals surface area contributed by atoms with Crippen molar-refractivity contribution in [3.05, 3.63) is 23.4 Å². The summed E-state index contributed by atoms with van der Waals surface area (Å²) in [5.41, 5.74) is 0.382. The van der Waals surface area contributed by atoms with Crippen LogP contribution in [0.25, 0.3) is 0 Å². The molecule has 2 atom stereocenters. The molecule has 2 saturated heterocycles. The quantitative estimate of drug-likeness (QED) is 0.821. The minimum absolute atomic E-state index is 0. The fraction of sp³-hybridized carbons (Fsp3) is 0.467. The number of hydrogen-bond donors (Lipinski definition) is 2. The van der Waals surface area contributed by atoms with Crippen LogP contribution in [-0.4, -0.2) is 52.6 Å². The molecule has 24 heavy (non-hydrogen) atoms. The standard InChI is InChI=1S/C15H16N6OS.ClH/c16-6-10-1-2-14(20-13(10)7-17)19-11-5-12(18-8-11)15(22)21-3-4-23-9-21;/h1-2,11-12,18H,3-5,8-9H2,(H,19,20);1H/t11-,12-;/m0./s1. The van der Waals surface area contributed by atoms with Gasteiger partial charge >= 0.3 is 0 Å². The third-order valence-corrected chi connectivity index (χ3v) is 4.93. The van der Waals surface area contributed by atoms with Gasteiger partial charge in [-0.25, -0.2) is 4.98 Å². The Hall–Kier alpha value is -2.00. The Morgan fingerprint density at radius 3 is 2.92 bits per heavy atom. The molecule has 1 aromatic rings. The fourth-order valence-corrected chi connectivity index (χ4v) is 3.72. The molecule has 0 aromatic carbocycles. The van der Waals surface area contributed by atoms with Crippen molar-refractivity contribution in [1.29, 1.82) is 10.5 Å². The molecule has 2 N–H and O–H groups in total. The first-order valence-electron chi connectivity index (χ1n) is 7.39. The number of halogens is 1. The summed E-state index contributed by atoms with van der Waals surface area (Å²) >= 11 is 1.77. The van der Waals surface area contributed by atoms with Gasteiger partial charge in [-0.3, -0.25) is 4.79 Å². The highest BCUT2D eigenvalue weighted by Gasteiger charge is 2.33. The maximum atomic E-state index is 12.4. The van der Waals surface area contributed by atoms with E-state index in [9.17, 15) is 4.79 Å². The molecule has 0 radical (unpaired) electrons. The van der Waals surface area contributed by atoms with Crippen molar-refractivity contribution in [3.8, 4) is 12.1 Å². The minimum atomic E-state index is -0.167. The van der Waals surface area contributed by atoms with Crippen LogP contribution in [0.15, 0.2) is 12.1 Å². The highest BCUT2D eigenvalue weighted by Crippen LogP contribution is 2.19. The summed E-state index contributed by atoms with van der Waals surface area (Å²) in [6.45, 7) is 1.49. The molecule has 3 rings (SSSR count). The van der Waals surface area contributed by atoms with E-state index in [1.807, 2.05) is 17.0 Å². The van der Waals surface area contributed by atoms with Gasteiger partial charge in [-0.2, -0.15) is 10.5 Å². The summed E-state index contributed by atoms with van der Waals surface area (Å²) < 4.78 is 0. The Labute approximate surface area is 150 Å². The molecule has 2 aliphatic heterocycles. The molecule has 0 saturated carbocycles. The van der Waals surface area contributed by atoms with Crippen molar-refractivity contribution >= 4 is 35.9 Å². The van der Waals surface area contributed by atoms with Crippen molar-refractivity contribution < 1.29 is 4.79 Å². The molecule has 126 valence electrons. The van der Waals surface area contributed by atoms with Crippen LogP contribution in [0.2, 0.25) is 0 Å². The van der Waals surface area contributed by atoms with E-state index in [2.05, 4.69) is 15.6 Å². The summed E-state index contributed by atoms with van der Waals surface area (Å²) in [5.74, 6) is 2.49. The van der Waals surface area contributed by atoms with Crippen LogP contribution < -0.4 is 10.6 Å². The number of nitrogens with one attached hydrogen (secondary N) is 2. The topological polar surface area (TPSA) is 105 Å². The fourth-order valence-electron chi connectivity index (χ4n) is 2.77. The summed E-state index contributed by atoms with van der Waals surface area (Å²) in [6.07, 6.45) is 0.684. The van der Waals surface area contributed by atoms with Gasteiger partial charge in [0.15, 0.2) is 5.69 Å². The molecule has 1 amide bonds. The lowest BCUT2D eigenvalue weighted by Crippen LogP contribution is -2.42. The van der Waals surface area contributed by atoms with Gasteiger partial charge in [0, 0.05) is 24.9 Å². The molecule has 2 fully saturated rings. The van der Waals surface area contributed by atoms with Gasteiger partial charge in [0.25, 0.3) is 0 Å². The average Bonchev–Trinajstić information content (AvgIpc) is 3.26. The van der Waals surface area contributed by atoms with E-state index in [1.165, 1.54) is 0 Å². The monoisotopic (exact) mass is 364 g/mol. The van der Waals surface area contributed by atoms with E-state index in [0.717, 1.165) is 18.2 Å². The van der Waals surface area contributed by atoms with Gasteiger partial charge in [0.2, 0.25) is 5.91 Å². The number of thioether (sulfide) groups is 1. The van der Waals surface area contributed by atoms with E-state index < -0.39 is 0 Å². The Morgan fingerprint density at radius 1 is 1.42 bits per heavy atom. The number of pyridine rings is 1. The van der Waals surface area contributed by atoms with E-state index in [4.69, 9.17) is 10.5 Å². The molecule has 3 heterocycles. The lowest BCUT2D eigenvalue weighted by Gasteiger charge is -2.19. The van der Waals surface area contributed by atoms with Gasteiger partial charge in [0.05, 0.1) is 17.5 Å². The molecule has 7 nitrogen and oxygen atoms in total. The molecule has 2 aliphatic rings. The minimum Gasteiger partial charge on any atom is -0.366 e. The molecule has 0 bridgehead atoms. The predicted octanol–water partition coefficient (Wildman–Crippen LogP) is 0.922. The van der Waals surface area contributed by atoms with Crippen LogP contribution in [0.4, 0.5) is 5.82 Å². The lowest BCUT2D eigenvalue weighted by molar-refractivity contribution is -0.131. The number of hydrogen-bond acceptors (Lipinski definition) is 7. The Kier molecular flexibility index (Phi) is 6.27. The number of carbonyl (C=O) groups excluding carboxylic acids is 1. The van der Waals surface area contributed by atoms with Crippen LogP contribution in [0, 0.1) is 22.7 Å². The second kappa shape index (κ2) is 8.20. The molecule has 1 aromatic heterocycles. The van der Waals surface area contributed by atoms with Crippen molar-refractivity contribution in [1.82, 2.24) is 15.2 Å². The van der Waals surface area contributed by atoms with E-state index in [-0.39, 0.29) is 41.7 Å². The van der Waals surface area contributed by atoms with Crippen LogP contribution in [-0.2, 0) is 4.79 Å². The Balaban J connectivity index is 0.00000208. The Morgan fingerprint density at radius 2 is 2.25 bits per heavy atom. The number of nitriles is 2. The van der Waals surface area contributed by atoms with Crippen molar-refractivity contribution in [2.24, 2.45) is 0 Å². The third kappa shape index (κ3) is 3.90. The summed E-state index contributed by atoms with van der Waals surface area (Å²) in [4.78, 5) is 18.4. The van der Waals surface area contributed by atoms with Crippen molar-refractivity contribution in [2.45, 2.75) is 18.5 Å². The molecular weight excluding hydrogens is 348 g/mol. The summed E-state index contributed by atoms with van der Waals surface area (Å²) in [7, 11) is 0. The summed E-state index contributed by atoms with van der Waals surface area (Å²) in [5, 5.41) is 24.4. The van der Waals surface area contributed by atoms with E-state index in [1.54, 1.807) is 23.9 Å². The number of aromatic nitrogens is 1. The van der Waals surface area contributed by atoms with Crippen molar-refractivity contribution in [3.63, 3.8) is 0 Å². The molecule has 0 spiro atoms. The second-order valence-corrected chi connectivity index (χ2v) is 6.57. The van der Waals surface area contributed by atoms with Gasteiger partial charge in [-0.1, -0.05) is 0 Å². The molecule has 9 heteroatoms.